The summed E-state index contributed by atoms with van der Waals surface area (Å²) >= 11 is 0. The van der Waals surface area contributed by atoms with Gasteiger partial charge >= 0.3 is 0 Å². The molecule has 1 nitrogen and oxygen atoms in total. The van der Waals surface area contributed by atoms with E-state index in [9.17, 15) is 0 Å². The molecule has 1 saturated heterocycles. The van der Waals surface area contributed by atoms with Gasteiger partial charge in [0.15, 0.2) is 0 Å². The van der Waals surface area contributed by atoms with Gasteiger partial charge in [0.25, 0.3) is 0 Å². The van der Waals surface area contributed by atoms with Gasteiger partial charge in [-0.3, -0.25) is 0 Å². The SMILES string of the molecule is CN1[C@H](CCc2ccccc2)CC[C@H]1CCc1ccccc1. The summed E-state index contributed by atoms with van der Waals surface area (Å²) in [6.45, 7) is 0. The smallest absolute Gasteiger partial charge is 0.00988 e. The predicted octanol–water partition coefficient (Wildman–Crippen LogP) is 4.71. The highest BCUT2D eigenvalue weighted by molar-refractivity contribution is 5.16. The van der Waals surface area contributed by atoms with Crippen molar-refractivity contribution in [2.45, 2.75) is 50.6 Å². The van der Waals surface area contributed by atoms with Gasteiger partial charge < -0.3 is 4.90 Å². The van der Waals surface area contributed by atoms with Crippen LogP contribution in [0.5, 0.6) is 0 Å². The summed E-state index contributed by atoms with van der Waals surface area (Å²) < 4.78 is 0. The maximum Gasteiger partial charge on any atom is 0.00988 e. The third-order valence-corrected chi connectivity index (χ3v) is 5.20. The van der Waals surface area contributed by atoms with E-state index in [2.05, 4.69) is 72.6 Å². The molecule has 2 aromatic rings. The van der Waals surface area contributed by atoms with Crippen LogP contribution in [0, 0.1) is 0 Å². The fourth-order valence-corrected chi connectivity index (χ4v) is 3.74. The summed E-state index contributed by atoms with van der Waals surface area (Å²) in [7, 11) is 2.33. The Hall–Kier alpha value is -1.60. The van der Waals surface area contributed by atoms with Gasteiger partial charge in [-0.05, 0) is 56.7 Å². The quantitative estimate of drug-likeness (QED) is 0.745. The molecule has 0 amide bonds. The van der Waals surface area contributed by atoms with Crippen molar-refractivity contribution in [2.24, 2.45) is 0 Å². The van der Waals surface area contributed by atoms with Crippen molar-refractivity contribution in [1.82, 2.24) is 4.90 Å². The molecule has 2 aromatic carbocycles. The molecule has 0 aromatic heterocycles. The molecule has 0 unspecified atom stereocenters. The third-order valence-electron chi connectivity index (χ3n) is 5.20. The van der Waals surface area contributed by atoms with Crippen LogP contribution in [0.25, 0.3) is 0 Å². The molecule has 22 heavy (non-hydrogen) atoms. The molecule has 0 saturated carbocycles. The highest BCUT2D eigenvalue weighted by Gasteiger charge is 2.29. The van der Waals surface area contributed by atoms with Gasteiger partial charge in [0.05, 0.1) is 0 Å². The number of benzene rings is 2. The van der Waals surface area contributed by atoms with E-state index in [1.807, 2.05) is 0 Å². The number of hydrogen-bond acceptors (Lipinski definition) is 1. The molecule has 1 aliphatic heterocycles. The molecule has 0 radical (unpaired) electrons. The van der Waals surface area contributed by atoms with Gasteiger partial charge in [-0.25, -0.2) is 0 Å². The second kappa shape index (κ2) is 7.60. The Labute approximate surface area is 135 Å². The Kier molecular flexibility index (Phi) is 5.29. The monoisotopic (exact) mass is 293 g/mol. The highest BCUT2D eigenvalue weighted by atomic mass is 15.2. The molecular formula is C21H27N. The number of aryl methyl sites for hydroxylation is 2. The summed E-state index contributed by atoms with van der Waals surface area (Å²) in [6.07, 6.45) is 7.73. The van der Waals surface area contributed by atoms with Crippen LogP contribution in [-0.4, -0.2) is 24.0 Å². The number of hydrogen-bond donors (Lipinski definition) is 0. The highest BCUT2D eigenvalue weighted by Crippen LogP contribution is 2.28. The van der Waals surface area contributed by atoms with Crippen molar-refractivity contribution in [3.05, 3.63) is 71.8 Å². The van der Waals surface area contributed by atoms with Crippen molar-refractivity contribution >= 4 is 0 Å². The van der Waals surface area contributed by atoms with Crippen LogP contribution >= 0.6 is 0 Å². The summed E-state index contributed by atoms with van der Waals surface area (Å²) in [5, 5.41) is 0. The number of rotatable bonds is 6. The molecule has 1 fully saturated rings. The van der Waals surface area contributed by atoms with Crippen LogP contribution < -0.4 is 0 Å². The van der Waals surface area contributed by atoms with Crippen LogP contribution in [0.4, 0.5) is 0 Å². The van der Waals surface area contributed by atoms with Crippen LogP contribution in [-0.2, 0) is 12.8 Å². The maximum atomic E-state index is 2.64. The van der Waals surface area contributed by atoms with Crippen molar-refractivity contribution in [1.29, 1.82) is 0 Å². The summed E-state index contributed by atoms with van der Waals surface area (Å²) in [5.41, 5.74) is 2.95. The van der Waals surface area contributed by atoms with Crippen molar-refractivity contribution in [2.75, 3.05) is 7.05 Å². The van der Waals surface area contributed by atoms with Gasteiger partial charge in [-0.1, -0.05) is 60.7 Å². The van der Waals surface area contributed by atoms with Gasteiger partial charge in [0, 0.05) is 12.1 Å². The first-order valence-corrected chi connectivity index (χ1v) is 8.63. The van der Waals surface area contributed by atoms with Gasteiger partial charge in [-0.15, -0.1) is 0 Å². The first-order chi connectivity index (χ1) is 10.8. The fourth-order valence-electron chi connectivity index (χ4n) is 3.74. The molecule has 1 heteroatoms. The minimum Gasteiger partial charge on any atom is -0.300 e. The van der Waals surface area contributed by atoms with E-state index in [4.69, 9.17) is 0 Å². The Bertz CT molecular complexity index is 497. The molecule has 0 bridgehead atoms. The lowest BCUT2D eigenvalue weighted by molar-refractivity contribution is 0.223. The average molecular weight is 293 g/mol. The second-order valence-corrected chi connectivity index (χ2v) is 6.60. The molecule has 0 spiro atoms. The summed E-state index contributed by atoms with van der Waals surface area (Å²) in [6, 6.07) is 23.3. The molecule has 3 rings (SSSR count). The lowest BCUT2D eigenvalue weighted by Crippen LogP contribution is -2.32. The minimum atomic E-state index is 0.765. The average Bonchev–Trinajstić information content (AvgIpc) is 2.93. The summed E-state index contributed by atoms with van der Waals surface area (Å²) in [4.78, 5) is 2.64. The lowest BCUT2D eigenvalue weighted by atomic mass is 10.0. The largest absolute Gasteiger partial charge is 0.300 e. The van der Waals surface area contributed by atoms with Gasteiger partial charge in [0.1, 0.15) is 0 Å². The fraction of sp³-hybridized carbons (Fsp3) is 0.429. The van der Waals surface area contributed by atoms with Crippen LogP contribution in [0.1, 0.15) is 36.8 Å². The summed E-state index contributed by atoms with van der Waals surface area (Å²) in [5.74, 6) is 0. The predicted molar refractivity (Wildman–Crippen MR) is 94.1 cm³/mol. The van der Waals surface area contributed by atoms with E-state index in [-0.39, 0.29) is 0 Å². The van der Waals surface area contributed by atoms with Crippen LogP contribution in [0.15, 0.2) is 60.7 Å². The second-order valence-electron chi connectivity index (χ2n) is 6.60. The molecule has 116 valence electrons. The van der Waals surface area contributed by atoms with Crippen molar-refractivity contribution in [3.8, 4) is 0 Å². The van der Waals surface area contributed by atoms with Gasteiger partial charge in [0.2, 0.25) is 0 Å². The van der Waals surface area contributed by atoms with E-state index < -0.39 is 0 Å². The Balaban J connectivity index is 1.46. The molecule has 1 heterocycles. The Morgan fingerprint density at radius 3 is 1.55 bits per heavy atom. The molecular weight excluding hydrogens is 266 g/mol. The first-order valence-electron chi connectivity index (χ1n) is 8.63. The Morgan fingerprint density at radius 1 is 0.727 bits per heavy atom. The first kappa shape index (κ1) is 15.3. The number of likely N-dealkylation sites (tertiary alicyclic amines) is 1. The van der Waals surface area contributed by atoms with Gasteiger partial charge in [-0.2, -0.15) is 0 Å². The van der Waals surface area contributed by atoms with E-state index >= 15 is 0 Å². The molecule has 1 aliphatic rings. The van der Waals surface area contributed by atoms with Crippen molar-refractivity contribution in [3.63, 3.8) is 0 Å². The van der Waals surface area contributed by atoms with E-state index in [1.54, 1.807) is 0 Å². The Morgan fingerprint density at radius 2 is 1.14 bits per heavy atom. The topological polar surface area (TPSA) is 3.24 Å². The zero-order valence-corrected chi connectivity index (χ0v) is 13.6. The van der Waals surface area contributed by atoms with Crippen molar-refractivity contribution < 1.29 is 0 Å². The number of nitrogens with zero attached hydrogens (tertiary/aromatic N) is 1. The maximum absolute atomic E-state index is 2.64. The zero-order chi connectivity index (χ0) is 15.2. The third kappa shape index (κ3) is 3.98. The standard InChI is InChI=1S/C21H27N/c1-22-20(14-12-18-8-4-2-5-9-18)16-17-21(22)15-13-19-10-6-3-7-11-19/h2-11,20-21H,12-17H2,1H3/t20-,21-/m1/s1. The molecule has 2 atom stereocenters. The van der Waals surface area contributed by atoms with E-state index in [0.717, 1.165) is 12.1 Å². The zero-order valence-electron chi connectivity index (χ0n) is 13.6. The van der Waals surface area contributed by atoms with E-state index in [0.29, 0.717) is 0 Å². The van der Waals surface area contributed by atoms with Crippen LogP contribution in [0.3, 0.4) is 0 Å². The minimum absolute atomic E-state index is 0.765. The van der Waals surface area contributed by atoms with Crippen LogP contribution in [0.2, 0.25) is 0 Å². The molecule has 0 N–H and O–H groups in total. The van der Waals surface area contributed by atoms with E-state index in [1.165, 1.54) is 49.7 Å². The molecule has 0 aliphatic carbocycles. The normalized spacial score (nSPS) is 22.0. The lowest BCUT2D eigenvalue weighted by Gasteiger charge is -2.26.